The maximum absolute atomic E-state index is 5.46. The summed E-state index contributed by atoms with van der Waals surface area (Å²) in [6.07, 6.45) is 3.79. The summed E-state index contributed by atoms with van der Waals surface area (Å²) in [7, 11) is 0. The zero-order valence-electron chi connectivity index (χ0n) is 15.7. The van der Waals surface area contributed by atoms with Gasteiger partial charge in [0.15, 0.2) is 10.8 Å². The Labute approximate surface area is 171 Å². The first-order valence-corrected chi connectivity index (χ1v) is 10.5. The van der Waals surface area contributed by atoms with Crippen LogP contribution in [0.2, 0.25) is 0 Å². The first-order valence-electron chi connectivity index (χ1n) is 9.60. The van der Waals surface area contributed by atoms with Gasteiger partial charge in [-0.3, -0.25) is 4.57 Å². The van der Waals surface area contributed by atoms with Crippen LogP contribution in [0.5, 0.6) is 0 Å². The first-order chi connectivity index (χ1) is 14.3. The van der Waals surface area contributed by atoms with Crippen LogP contribution in [-0.2, 0) is 4.74 Å². The molecule has 2 saturated heterocycles. The molecule has 1 N–H and O–H groups in total. The van der Waals surface area contributed by atoms with Crippen molar-refractivity contribution in [2.75, 3.05) is 37.7 Å². The number of fused-ring (bicyclic) bond motifs is 1. The zero-order valence-corrected chi connectivity index (χ0v) is 16.5. The SMILES string of the molecule is c1ccc2c(c1)ccn2-c1nc(-c2nccs2)nc(N2CCNC3(COC3)C2)n1. The first kappa shape index (κ1) is 17.0. The number of nitrogens with one attached hydrogen (secondary N) is 1. The number of aromatic nitrogens is 5. The quantitative estimate of drug-likeness (QED) is 0.559. The fourth-order valence-corrected chi connectivity index (χ4v) is 4.53. The van der Waals surface area contributed by atoms with Crippen molar-refractivity contribution in [3.63, 3.8) is 0 Å². The van der Waals surface area contributed by atoms with E-state index in [1.807, 2.05) is 28.3 Å². The lowest BCUT2D eigenvalue weighted by Crippen LogP contribution is -2.70. The predicted octanol–water partition coefficient (Wildman–Crippen LogP) is 2.12. The van der Waals surface area contributed by atoms with Crippen LogP contribution >= 0.6 is 11.3 Å². The van der Waals surface area contributed by atoms with Crippen molar-refractivity contribution in [1.29, 1.82) is 0 Å². The highest BCUT2D eigenvalue weighted by Gasteiger charge is 2.42. The highest BCUT2D eigenvalue weighted by Crippen LogP contribution is 2.27. The summed E-state index contributed by atoms with van der Waals surface area (Å²) in [5, 5.41) is 7.47. The molecule has 1 spiro atoms. The largest absolute Gasteiger partial charge is 0.377 e. The third-order valence-electron chi connectivity index (χ3n) is 5.47. The molecule has 0 radical (unpaired) electrons. The molecular weight excluding hydrogens is 386 g/mol. The third kappa shape index (κ3) is 2.89. The van der Waals surface area contributed by atoms with Crippen molar-refractivity contribution in [3.05, 3.63) is 48.1 Å². The molecule has 2 aliphatic heterocycles. The van der Waals surface area contributed by atoms with Gasteiger partial charge in [0.25, 0.3) is 0 Å². The summed E-state index contributed by atoms with van der Waals surface area (Å²) in [6.45, 7) is 3.99. The number of hydrogen-bond donors (Lipinski definition) is 1. The van der Waals surface area contributed by atoms with Crippen LogP contribution in [0, 0.1) is 0 Å². The summed E-state index contributed by atoms with van der Waals surface area (Å²) >= 11 is 1.53. The van der Waals surface area contributed by atoms with E-state index >= 15 is 0 Å². The van der Waals surface area contributed by atoms with Gasteiger partial charge in [-0.05, 0) is 12.1 Å². The Balaban J connectivity index is 1.48. The number of anilines is 1. The third-order valence-corrected chi connectivity index (χ3v) is 6.23. The van der Waals surface area contributed by atoms with Gasteiger partial charge < -0.3 is 15.0 Å². The van der Waals surface area contributed by atoms with Crippen LogP contribution in [0.25, 0.3) is 27.7 Å². The van der Waals surface area contributed by atoms with E-state index in [1.165, 1.54) is 11.3 Å². The summed E-state index contributed by atoms with van der Waals surface area (Å²) < 4.78 is 7.47. The summed E-state index contributed by atoms with van der Waals surface area (Å²) in [6, 6.07) is 10.3. The Kier molecular flexibility index (Phi) is 3.86. The van der Waals surface area contributed by atoms with Gasteiger partial charge in [-0.15, -0.1) is 11.3 Å². The molecular formula is C20H19N7OS. The van der Waals surface area contributed by atoms with Gasteiger partial charge in [0.2, 0.25) is 11.9 Å². The number of para-hydroxylation sites is 1. The van der Waals surface area contributed by atoms with Crippen molar-refractivity contribution in [2.45, 2.75) is 5.54 Å². The minimum Gasteiger partial charge on any atom is -0.377 e. The molecule has 146 valence electrons. The van der Waals surface area contributed by atoms with Crippen LogP contribution in [0.4, 0.5) is 5.95 Å². The number of nitrogens with zero attached hydrogens (tertiary/aromatic N) is 6. The second kappa shape index (κ2) is 6.58. The second-order valence-electron chi connectivity index (χ2n) is 7.46. The highest BCUT2D eigenvalue weighted by molar-refractivity contribution is 7.13. The van der Waals surface area contributed by atoms with Gasteiger partial charge in [-0.2, -0.15) is 15.0 Å². The van der Waals surface area contributed by atoms with E-state index in [9.17, 15) is 0 Å². The molecule has 3 aromatic heterocycles. The normalized spacial score (nSPS) is 18.3. The van der Waals surface area contributed by atoms with Crippen LogP contribution in [0.1, 0.15) is 0 Å². The average Bonchev–Trinajstić information content (AvgIpc) is 3.42. The van der Waals surface area contributed by atoms with Gasteiger partial charge in [0, 0.05) is 42.8 Å². The topological polar surface area (TPSA) is 81.0 Å². The number of rotatable bonds is 3. The zero-order chi connectivity index (χ0) is 19.3. The van der Waals surface area contributed by atoms with E-state index in [1.54, 1.807) is 6.20 Å². The molecule has 0 saturated carbocycles. The van der Waals surface area contributed by atoms with Gasteiger partial charge in [-0.1, -0.05) is 18.2 Å². The summed E-state index contributed by atoms with van der Waals surface area (Å²) in [5.41, 5.74) is 1.07. The molecule has 8 nitrogen and oxygen atoms in total. The van der Waals surface area contributed by atoms with E-state index in [4.69, 9.17) is 19.7 Å². The fourth-order valence-electron chi connectivity index (χ4n) is 3.96. The number of benzene rings is 1. The van der Waals surface area contributed by atoms with Crippen molar-refractivity contribution in [2.24, 2.45) is 0 Å². The monoisotopic (exact) mass is 405 g/mol. The molecule has 1 aromatic carbocycles. The highest BCUT2D eigenvalue weighted by atomic mass is 32.1. The minimum atomic E-state index is 0.00648. The van der Waals surface area contributed by atoms with Gasteiger partial charge in [0.05, 0.1) is 24.3 Å². The molecule has 29 heavy (non-hydrogen) atoms. The molecule has 0 bridgehead atoms. The lowest BCUT2D eigenvalue weighted by atomic mass is 9.95. The molecule has 0 unspecified atom stereocenters. The standard InChI is InChI=1S/C20H19N7OS/c1-2-4-15-14(3-1)5-8-27(15)19-24-16(17-21-7-10-29-17)23-18(25-19)26-9-6-22-20(11-26)12-28-13-20/h1-5,7-8,10,22H,6,9,11-13H2. The molecule has 2 aliphatic rings. The van der Waals surface area contributed by atoms with E-state index in [2.05, 4.69) is 33.4 Å². The van der Waals surface area contributed by atoms with E-state index in [0.717, 1.165) is 48.8 Å². The molecule has 5 heterocycles. The van der Waals surface area contributed by atoms with Crippen LogP contribution in [-0.4, -0.2) is 62.9 Å². The van der Waals surface area contributed by atoms with E-state index in [0.29, 0.717) is 17.7 Å². The lowest BCUT2D eigenvalue weighted by Gasteiger charge is -2.48. The smallest absolute Gasteiger partial charge is 0.239 e. The number of ether oxygens (including phenoxy) is 1. The van der Waals surface area contributed by atoms with Gasteiger partial charge >= 0.3 is 0 Å². The Morgan fingerprint density at radius 2 is 1.97 bits per heavy atom. The maximum Gasteiger partial charge on any atom is 0.239 e. The Bertz CT molecular complexity index is 1170. The Morgan fingerprint density at radius 1 is 1.07 bits per heavy atom. The Morgan fingerprint density at radius 3 is 2.79 bits per heavy atom. The molecule has 0 amide bonds. The lowest BCUT2D eigenvalue weighted by molar-refractivity contribution is -0.0744. The van der Waals surface area contributed by atoms with Crippen LogP contribution in [0.3, 0.4) is 0 Å². The number of thiazole rings is 1. The Hall–Kier alpha value is -2.88. The van der Waals surface area contributed by atoms with Crippen LogP contribution < -0.4 is 10.2 Å². The van der Waals surface area contributed by atoms with Crippen molar-refractivity contribution < 1.29 is 4.74 Å². The molecule has 0 atom stereocenters. The number of hydrogen-bond acceptors (Lipinski definition) is 8. The van der Waals surface area contributed by atoms with Crippen molar-refractivity contribution in [3.8, 4) is 16.8 Å². The summed E-state index contributed by atoms with van der Waals surface area (Å²) in [4.78, 5) is 21.0. The van der Waals surface area contributed by atoms with Gasteiger partial charge in [-0.25, -0.2) is 4.98 Å². The van der Waals surface area contributed by atoms with E-state index < -0.39 is 0 Å². The molecule has 9 heteroatoms. The fraction of sp³-hybridized carbons (Fsp3) is 0.300. The minimum absolute atomic E-state index is 0.00648. The molecule has 6 rings (SSSR count). The van der Waals surface area contributed by atoms with Gasteiger partial charge in [0.1, 0.15) is 0 Å². The van der Waals surface area contributed by atoms with Crippen molar-refractivity contribution >= 4 is 28.2 Å². The van der Waals surface area contributed by atoms with Crippen molar-refractivity contribution in [1.82, 2.24) is 29.8 Å². The summed E-state index contributed by atoms with van der Waals surface area (Å²) in [5.74, 6) is 1.90. The average molecular weight is 405 g/mol. The maximum atomic E-state index is 5.46. The second-order valence-corrected chi connectivity index (χ2v) is 8.36. The number of piperazine rings is 1. The van der Waals surface area contributed by atoms with E-state index in [-0.39, 0.29) is 5.54 Å². The molecule has 0 aliphatic carbocycles. The van der Waals surface area contributed by atoms with Crippen LogP contribution in [0.15, 0.2) is 48.1 Å². The molecule has 4 aromatic rings. The molecule has 2 fully saturated rings. The predicted molar refractivity (Wildman–Crippen MR) is 112 cm³/mol.